The monoisotopic (exact) mass is 238 g/mol. The van der Waals surface area contributed by atoms with Gasteiger partial charge in [0.15, 0.2) is 0 Å². The second-order valence-corrected chi connectivity index (χ2v) is 4.52. The highest BCUT2D eigenvalue weighted by atomic mass is 16.5. The van der Waals surface area contributed by atoms with Gasteiger partial charge in [0.05, 0.1) is 12.7 Å². The summed E-state index contributed by atoms with van der Waals surface area (Å²) in [7, 11) is 0. The van der Waals surface area contributed by atoms with E-state index in [4.69, 9.17) is 10.00 Å². The first-order valence-electron chi connectivity index (χ1n) is 6.54. The van der Waals surface area contributed by atoms with Crippen LogP contribution in [0.25, 0.3) is 0 Å². The Hall–Kier alpha value is -1.08. The molecule has 1 saturated carbocycles. The summed E-state index contributed by atoms with van der Waals surface area (Å²) in [6.07, 6.45) is 6.08. The topological polar surface area (TPSA) is 62.1 Å². The smallest absolute Gasteiger partial charge is 0.223 e. The van der Waals surface area contributed by atoms with Gasteiger partial charge in [-0.05, 0) is 25.7 Å². The molecule has 0 bridgehead atoms. The highest BCUT2D eigenvalue weighted by molar-refractivity contribution is 5.76. The molecule has 1 amide bonds. The predicted molar refractivity (Wildman–Crippen MR) is 65.2 cm³/mol. The molecule has 0 saturated heterocycles. The van der Waals surface area contributed by atoms with Crippen molar-refractivity contribution in [2.45, 2.75) is 51.5 Å². The van der Waals surface area contributed by atoms with Gasteiger partial charge in [0.1, 0.15) is 6.04 Å². The Balaban J connectivity index is 2.30. The number of amides is 1. The van der Waals surface area contributed by atoms with E-state index in [0.717, 1.165) is 12.8 Å². The van der Waals surface area contributed by atoms with E-state index in [1.54, 1.807) is 0 Å². The molecule has 1 fully saturated rings. The molecule has 4 heteroatoms. The van der Waals surface area contributed by atoms with E-state index in [2.05, 4.69) is 11.4 Å². The summed E-state index contributed by atoms with van der Waals surface area (Å²) in [5.74, 6) is 0.264. The minimum Gasteiger partial charge on any atom is -0.381 e. The summed E-state index contributed by atoms with van der Waals surface area (Å²) >= 11 is 0. The number of carbonyl (C=O) groups is 1. The molecule has 0 aliphatic heterocycles. The van der Waals surface area contributed by atoms with Crippen LogP contribution in [0, 0.1) is 17.2 Å². The van der Waals surface area contributed by atoms with E-state index in [1.807, 2.05) is 6.92 Å². The van der Waals surface area contributed by atoms with Crippen molar-refractivity contribution in [3.8, 4) is 6.07 Å². The first-order valence-corrected chi connectivity index (χ1v) is 6.54. The van der Waals surface area contributed by atoms with Crippen LogP contribution in [0.1, 0.15) is 45.4 Å². The molecular formula is C13H22N2O2. The second kappa shape index (κ2) is 8.08. The molecule has 0 spiro atoms. The van der Waals surface area contributed by atoms with Crippen LogP contribution in [0.4, 0.5) is 0 Å². The van der Waals surface area contributed by atoms with E-state index in [-0.39, 0.29) is 11.9 Å². The third kappa shape index (κ3) is 5.18. The molecule has 0 aromatic heterocycles. The Kier molecular flexibility index (Phi) is 6.64. The number of nitriles is 1. The zero-order valence-corrected chi connectivity index (χ0v) is 10.6. The zero-order chi connectivity index (χ0) is 12.5. The normalized spacial score (nSPS) is 18.4. The Morgan fingerprint density at radius 2 is 2.18 bits per heavy atom. The lowest BCUT2D eigenvalue weighted by Crippen LogP contribution is -2.40. The van der Waals surface area contributed by atoms with Crippen molar-refractivity contribution in [1.82, 2.24) is 5.32 Å². The lowest BCUT2D eigenvalue weighted by Gasteiger charge is -2.26. The Morgan fingerprint density at radius 3 is 2.76 bits per heavy atom. The first-order chi connectivity index (χ1) is 8.27. The van der Waals surface area contributed by atoms with Crippen LogP contribution in [0.3, 0.4) is 0 Å². The molecule has 0 radical (unpaired) electrons. The third-order valence-electron chi connectivity index (χ3n) is 3.25. The SMILES string of the molecule is CCOCCC(=O)NC(C#N)C1CCCCC1. The van der Waals surface area contributed by atoms with Gasteiger partial charge in [-0.3, -0.25) is 4.79 Å². The minimum absolute atomic E-state index is 0.0735. The van der Waals surface area contributed by atoms with Crippen molar-refractivity contribution in [3.05, 3.63) is 0 Å². The largest absolute Gasteiger partial charge is 0.381 e. The summed E-state index contributed by atoms with van der Waals surface area (Å²) < 4.78 is 5.12. The molecule has 0 aromatic rings. The van der Waals surface area contributed by atoms with Crippen LogP contribution < -0.4 is 5.32 Å². The standard InChI is InChI=1S/C13H22N2O2/c1-2-17-9-8-13(16)15-12(10-14)11-6-4-3-5-7-11/h11-12H,2-9H2,1H3,(H,15,16). The van der Waals surface area contributed by atoms with Gasteiger partial charge in [-0.1, -0.05) is 19.3 Å². The maximum absolute atomic E-state index is 11.6. The van der Waals surface area contributed by atoms with E-state index >= 15 is 0 Å². The summed E-state index contributed by atoms with van der Waals surface area (Å²) in [5, 5.41) is 11.9. The van der Waals surface area contributed by atoms with E-state index in [1.165, 1.54) is 19.3 Å². The molecular weight excluding hydrogens is 216 g/mol. The van der Waals surface area contributed by atoms with E-state index in [0.29, 0.717) is 25.6 Å². The summed E-state index contributed by atoms with van der Waals surface area (Å²) in [6.45, 7) is 2.96. The lowest BCUT2D eigenvalue weighted by atomic mass is 9.84. The van der Waals surface area contributed by atoms with Gasteiger partial charge < -0.3 is 10.1 Å². The summed E-state index contributed by atoms with van der Waals surface area (Å²) in [4.78, 5) is 11.6. The zero-order valence-electron chi connectivity index (χ0n) is 10.6. The fourth-order valence-electron chi connectivity index (χ4n) is 2.28. The van der Waals surface area contributed by atoms with Gasteiger partial charge in [0, 0.05) is 13.0 Å². The van der Waals surface area contributed by atoms with Crippen LogP contribution in [0.5, 0.6) is 0 Å². The Bertz CT molecular complexity index is 267. The van der Waals surface area contributed by atoms with Crippen molar-refractivity contribution in [3.63, 3.8) is 0 Å². The fraction of sp³-hybridized carbons (Fsp3) is 0.846. The molecule has 96 valence electrons. The summed E-state index contributed by atoms with van der Waals surface area (Å²) in [5.41, 5.74) is 0. The minimum atomic E-state index is -0.315. The van der Waals surface area contributed by atoms with Crippen molar-refractivity contribution < 1.29 is 9.53 Å². The number of hydrogen-bond donors (Lipinski definition) is 1. The molecule has 0 heterocycles. The lowest BCUT2D eigenvalue weighted by molar-refractivity contribution is -0.122. The van der Waals surface area contributed by atoms with Crippen molar-refractivity contribution in [2.24, 2.45) is 5.92 Å². The summed E-state index contributed by atoms with van der Waals surface area (Å²) in [6, 6.07) is 1.90. The second-order valence-electron chi connectivity index (χ2n) is 4.52. The quantitative estimate of drug-likeness (QED) is 0.720. The highest BCUT2D eigenvalue weighted by Gasteiger charge is 2.24. The molecule has 1 aliphatic rings. The van der Waals surface area contributed by atoms with Gasteiger partial charge >= 0.3 is 0 Å². The van der Waals surface area contributed by atoms with Gasteiger partial charge in [-0.2, -0.15) is 5.26 Å². The molecule has 0 aromatic carbocycles. The average Bonchev–Trinajstić information content (AvgIpc) is 2.37. The van der Waals surface area contributed by atoms with E-state index < -0.39 is 0 Å². The number of rotatable bonds is 6. The Labute approximate surface area is 103 Å². The number of ether oxygens (including phenoxy) is 1. The Morgan fingerprint density at radius 1 is 1.47 bits per heavy atom. The molecule has 17 heavy (non-hydrogen) atoms. The van der Waals surface area contributed by atoms with Crippen molar-refractivity contribution in [2.75, 3.05) is 13.2 Å². The van der Waals surface area contributed by atoms with E-state index in [9.17, 15) is 4.79 Å². The molecule has 1 rings (SSSR count). The predicted octanol–water partition coefficient (Wildman–Crippen LogP) is 2.00. The molecule has 1 aliphatic carbocycles. The average molecular weight is 238 g/mol. The van der Waals surface area contributed by atoms with Crippen LogP contribution in [0.15, 0.2) is 0 Å². The first kappa shape index (κ1) is 14.0. The highest BCUT2D eigenvalue weighted by Crippen LogP contribution is 2.26. The third-order valence-corrected chi connectivity index (χ3v) is 3.25. The number of nitrogens with zero attached hydrogens (tertiary/aromatic N) is 1. The van der Waals surface area contributed by atoms with Crippen LogP contribution in [0.2, 0.25) is 0 Å². The maximum Gasteiger partial charge on any atom is 0.223 e. The van der Waals surface area contributed by atoms with Gasteiger partial charge in [0.25, 0.3) is 0 Å². The fourth-order valence-corrected chi connectivity index (χ4v) is 2.28. The number of hydrogen-bond acceptors (Lipinski definition) is 3. The molecule has 4 nitrogen and oxygen atoms in total. The van der Waals surface area contributed by atoms with Crippen LogP contribution in [-0.4, -0.2) is 25.2 Å². The maximum atomic E-state index is 11.6. The number of carbonyl (C=O) groups excluding carboxylic acids is 1. The number of nitrogens with one attached hydrogen (secondary N) is 1. The van der Waals surface area contributed by atoms with Gasteiger partial charge in [-0.25, -0.2) is 0 Å². The molecule has 1 N–H and O–H groups in total. The van der Waals surface area contributed by atoms with Crippen molar-refractivity contribution >= 4 is 5.91 Å². The van der Waals surface area contributed by atoms with Gasteiger partial charge in [0.2, 0.25) is 5.91 Å². The van der Waals surface area contributed by atoms with Gasteiger partial charge in [-0.15, -0.1) is 0 Å². The molecule has 1 atom stereocenters. The van der Waals surface area contributed by atoms with Crippen molar-refractivity contribution in [1.29, 1.82) is 5.26 Å². The van der Waals surface area contributed by atoms with Crippen LogP contribution in [-0.2, 0) is 9.53 Å². The van der Waals surface area contributed by atoms with Crippen LogP contribution >= 0.6 is 0 Å². The molecule has 1 unspecified atom stereocenters.